The van der Waals surface area contributed by atoms with E-state index in [0.29, 0.717) is 3.95 Å². The van der Waals surface area contributed by atoms with Gasteiger partial charge in [-0.1, -0.05) is 0 Å². The Hall–Kier alpha value is -1.68. The number of esters is 1. The molecule has 0 aliphatic heterocycles. The molecule has 15 heavy (non-hydrogen) atoms. The molecule has 2 aromatic rings. The second-order valence-corrected chi connectivity index (χ2v) is 3.99. The van der Waals surface area contributed by atoms with Crippen molar-refractivity contribution in [3.05, 3.63) is 10.3 Å². The first kappa shape index (κ1) is 9.86. The van der Waals surface area contributed by atoms with Crippen LogP contribution in [-0.4, -0.2) is 36.4 Å². The molecule has 0 radical (unpaired) electrons. The third-order valence-corrected chi connectivity index (χ3v) is 2.27. The maximum Gasteiger partial charge on any atom is 0.335 e. The quantitative estimate of drug-likeness (QED) is 0.589. The van der Waals surface area contributed by atoms with E-state index < -0.39 is 5.97 Å². The summed E-state index contributed by atoms with van der Waals surface area (Å²) in [5.41, 5.74) is 0. The van der Waals surface area contributed by atoms with Crippen LogP contribution in [0.25, 0.3) is 0 Å². The van der Waals surface area contributed by atoms with Crippen LogP contribution in [0.1, 0.15) is 0 Å². The van der Waals surface area contributed by atoms with Gasteiger partial charge < -0.3 is 4.74 Å². The van der Waals surface area contributed by atoms with Crippen LogP contribution in [0.4, 0.5) is 0 Å². The van der Waals surface area contributed by atoms with Crippen LogP contribution in [-0.2, 0) is 11.3 Å². The van der Waals surface area contributed by atoms with Crippen molar-refractivity contribution >= 4 is 29.5 Å². The van der Waals surface area contributed by atoms with Gasteiger partial charge in [-0.2, -0.15) is 0 Å². The van der Waals surface area contributed by atoms with E-state index in [-0.39, 0.29) is 11.7 Å². The van der Waals surface area contributed by atoms with Crippen LogP contribution < -0.4 is 4.74 Å². The fourth-order valence-corrected chi connectivity index (χ4v) is 1.51. The Morgan fingerprint density at radius 2 is 2.60 bits per heavy atom. The van der Waals surface area contributed by atoms with Gasteiger partial charge >= 0.3 is 11.2 Å². The number of carbonyl (C=O) groups excluding carboxylic acids is 1. The highest BCUT2D eigenvalue weighted by Crippen LogP contribution is 2.13. The Bertz CT molecular complexity index is 502. The van der Waals surface area contributed by atoms with Gasteiger partial charge in [-0.15, -0.1) is 10.2 Å². The molecule has 0 spiro atoms. The number of rotatable bonds is 3. The summed E-state index contributed by atoms with van der Waals surface area (Å²) in [7, 11) is 0. The number of tetrazole rings is 1. The van der Waals surface area contributed by atoms with Gasteiger partial charge in [0.25, 0.3) is 0 Å². The van der Waals surface area contributed by atoms with Crippen LogP contribution in [0.5, 0.6) is 5.19 Å². The first-order valence-electron chi connectivity index (χ1n) is 3.71. The summed E-state index contributed by atoms with van der Waals surface area (Å²) in [4.78, 5) is 11.3. The third-order valence-electron chi connectivity index (χ3n) is 1.30. The van der Waals surface area contributed by atoms with Gasteiger partial charge in [0.05, 0.1) is 0 Å². The molecule has 0 saturated carbocycles. The van der Waals surface area contributed by atoms with Crippen molar-refractivity contribution in [1.29, 1.82) is 0 Å². The standard InChI is InChI=1S/C5H4N6O2S2/c12-3(1-11-2-6-9-10-11)13-4-7-8-5(14)15-4/h2H,1H2,(H,8,14). The minimum Gasteiger partial charge on any atom is -0.395 e. The number of nitrogens with one attached hydrogen (secondary N) is 1. The Morgan fingerprint density at radius 3 is 3.20 bits per heavy atom. The Morgan fingerprint density at radius 1 is 1.73 bits per heavy atom. The first-order chi connectivity index (χ1) is 7.24. The zero-order valence-corrected chi connectivity index (χ0v) is 8.79. The Balaban J connectivity index is 1.96. The summed E-state index contributed by atoms with van der Waals surface area (Å²) >= 11 is 5.85. The lowest BCUT2D eigenvalue weighted by atomic mass is 10.7. The predicted octanol–water partition coefficient (Wildman–Crippen LogP) is -0.207. The molecule has 0 atom stereocenters. The number of carbonyl (C=O) groups is 1. The molecule has 78 valence electrons. The van der Waals surface area contributed by atoms with E-state index in [9.17, 15) is 4.79 Å². The number of aromatic amines is 1. The molecule has 2 aromatic heterocycles. The fourth-order valence-electron chi connectivity index (χ4n) is 0.775. The molecule has 0 aromatic carbocycles. The van der Waals surface area contributed by atoms with Gasteiger partial charge in [0.2, 0.25) is 0 Å². The number of hydrogen-bond acceptors (Lipinski definition) is 8. The molecule has 0 amide bonds. The van der Waals surface area contributed by atoms with Gasteiger partial charge in [0.1, 0.15) is 12.9 Å². The minimum atomic E-state index is -0.514. The highest BCUT2D eigenvalue weighted by atomic mass is 32.1. The van der Waals surface area contributed by atoms with E-state index in [0.717, 1.165) is 11.3 Å². The maximum atomic E-state index is 11.3. The fraction of sp³-hybridized carbons (Fsp3) is 0.200. The number of aromatic nitrogens is 6. The van der Waals surface area contributed by atoms with Crippen molar-refractivity contribution in [2.75, 3.05) is 0 Å². The molecule has 0 unspecified atom stereocenters. The van der Waals surface area contributed by atoms with Crippen LogP contribution in [0.15, 0.2) is 6.33 Å². The Labute approximate surface area is 91.9 Å². The van der Waals surface area contributed by atoms with Crippen LogP contribution in [0, 0.1) is 3.95 Å². The molecule has 1 N–H and O–H groups in total. The second-order valence-electron chi connectivity index (χ2n) is 2.36. The van der Waals surface area contributed by atoms with E-state index in [1.54, 1.807) is 0 Å². The third kappa shape index (κ3) is 2.63. The predicted molar refractivity (Wildman–Crippen MR) is 50.8 cm³/mol. The van der Waals surface area contributed by atoms with Crippen molar-refractivity contribution in [2.45, 2.75) is 6.54 Å². The highest BCUT2D eigenvalue weighted by Gasteiger charge is 2.09. The number of nitrogens with zero attached hydrogens (tertiary/aromatic N) is 5. The molecular formula is C5H4N6O2S2. The van der Waals surface area contributed by atoms with Gasteiger partial charge in [0, 0.05) is 0 Å². The van der Waals surface area contributed by atoms with Gasteiger partial charge in [-0.05, 0) is 34.0 Å². The molecular weight excluding hydrogens is 240 g/mol. The van der Waals surface area contributed by atoms with Crippen molar-refractivity contribution in [3.8, 4) is 5.19 Å². The zero-order valence-electron chi connectivity index (χ0n) is 7.15. The molecule has 0 aliphatic rings. The van der Waals surface area contributed by atoms with E-state index in [4.69, 9.17) is 17.0 Å². The topological polar surface area (TPSA) is 98.6 Å². The van der Waals surface area contributed by atoms with Crippen LogP contribution >= 0.6 is 23.6 Å². The molecule has 0 fully saturated rings. The monoisotopic (exact) mass is 244 g/mol. The lowest BCUT2D eigenvalue weighted by molar-refractivity contribution is -0.135. The molecule has 0 saturated heterocycles. The summed E-state index contributed by atoms with van der Waals surface area (Å²) in [5, 5.41) is 16.6. The normalized spacial score (nSPS) is 10.1. The van der Waals surface area contributed by atoms with Crippen molar-refractivity contribution in [2.24, 2.45) is 0 Å². The minimum absolute atomic E-state index is 0.0701. The largest absolute Gasteiger partial charge is 0.395 e. The van der Waals surface area contributed by atoms with Crippen molar-refractivity contribution < 1.29 is 9.53 Å². The molecule has 2 heterocycles. The van der Waals surface area contributed by atoms with Gasteiger partial charge in [-0.25, -0.2) is 9.48 Å². The maximum absolute atomic E-state index is 11.3. The molecule has 2 rings (SSSR count). The van der Waals surface area contributed by atoms with E-state index >= 15 is 0 Å². The number of ether oxygens (including phenoxy) is 1. The summed E-state index contributed by atoms with van der Waals surface area (Å²) in [6, 6.07) is 0. The average Bonchev–Trinajstić information content (AvgIpc) is 2.77. The first-order valence-corrected chi connectivity index (χ1v) is 4.93. The van der Waals surface area contributed by atoms with E-state index in [1.165, 1.54) is 11.0 Å². The molecule has 10 heteroatoms. The lowest BCUT2D eigenvalue weighted by Crippen LogP contribution is -2.16. The van der Waals surface area contributed by atoms with Crippen LogP contribution in [0.3, 0.4) is 0 Å². The Kier molecular flexibility index (Phi) is 2.78. The van der Waals surface area contributed by atoms with Gasteiger partial charge in [0.15, 0.2) is 3.95 Å². The molecule has 0 bridgehead atoms. The van der Waals surface area contributed by atoms with Crippen molar-refractivity contribution in [1.82, 2.24) is 30.4 Å². The molecule has 8 nitrogen and oxygen atoms in total. The van der Waals surface area contributed by atoms with Crippen molar-refractivity contribution in [3.63, 3.8) is 0 Å². The highest BCUT2D eigenvalue weighted by molar-refractivity contribution is 7.73. The SMILES string of the molecule is O=C(Cn1cnnn1)Oc1n[nH]c(=S)s1. The summed E-state index contributed by atoms with van der Waals surface area (Å²) in [5.74, 6) is -0.514. The lowest BCUT2D eigenvalue weighted by Gasteiger charge is -1.97. The van der Waals surface area contributed by atoms with E-state index in [1.807, 2.05) is 0 Å². The van der Waals surface area contributed by atoms with E-state index in [2.05, 4.69) is 25.7 Å². The summed E-state index contributed by atoms with van der Waals surface area (Å²) < 4.78 is 6.55. The smallest absolute Gasteiger partial charge is 0.335 e. The van der Waals surface area contributed by atoms with Crippen LogP contribution in [0.2, 0.25) is 0 Å². The molecule has 0 aliphatic carbocycles. The summed E-state index contributed by atoms with van der Waals surface area (Å²) in [6.07, 6.45) is 1.31. The zero-order chi connectivity index (χ0) is 10.7. The number of H-pyrrole nitrogens is 1. The summed E-state index contributed by atoms with van der Waals surface area (Å²) in [6.45, 7) is -0.0701. The number of hydrogen-bond donors (Lipinski definition) is 1. The second kappa shape index (κ2) is 4.23. The average molecular weight is 244 g/mol. The van der Waals surface area contributed by atoms with Gasteiger partial charge in [-0.3, -0.25) is 5.10 Å².